The molecular formula is C20H16N2O7. The third-order valence-corrected chi connectivity index (χ3v) is 3.96. The predicted octanol–water partition coefficient (Wildman–Crippen LogP) is 4.37. The molecule has 0 aliphatic heterocycles. The highest BCUT2D eigenvalue weighted by Crippen LogP contribution is 2.32. The fourth-order valence-electron chi connectivity index (χ4n) is 2.57. The van der Waals surface area contributed by atoms with Crippen LogP contribution < -0.4 is 9.47 Å². The number of aromatic hydroxyl groups is 1. The van der Waals surface area contributed by atoms with E-state index in [-0.39, 0.29) is 36.1 Å². The highest BCUT2D eigenvalue weighted by Gasteiger charge is 2.11. The minimum absolute atomic E-state index is 0.0261. The van der Waals surface area contributed by atoms with Crippen LogP contribution in [0.2, 0.25) is 0 Å². The number of phenols is 1. The summed E-state index contributed by atoms with van der Waals surface area (Å²) in [6, 6.07) is 16.3. The fraction of sp³-hybridized carbons (Fsp3) is 0.100. The van der Waals surface area contributed by atoms with E-state index in [9.17, 15) is 25.3 Å². The maximum atomic E-state index is 10.9. The molecular weight excluding hydrogens is 380 g/mol. The van der Waals surface area contributed by atoms with Gasteiger partial charge in [0, 0.05) is 30.3 Å². The molecule has 0 aliphatic carbocycles. The molecule has 3 rings (SSSR count). The maximum absolute atomic E-state index is 10.9. The molecule has 0 atom stereocenters. The molecule has 3 aromatic carbocycles. The lowest BCUT2D eigenvalue weighted by atomic mass is 10.2. The van der Waals surface area contributed by atoms with Gasteiger partial charge >= 0.3 is 0 Å². The van der Waals surface area contributed by atoms with Gasteiger partial charge in [0.25, 0.3) is 11.4 Å². The van der Waals surface area contributed by atoms with E-state index in [0.717, 1.165) is 0 Å². The molecule has 0 aromatic heterocycles. The molecule has 29 heavy (non-hydrogen) atoms. The molecule has 0 radical (unpaired) electrons. The topological polar surface area (TPSA) is 125 Å². The predicted molar refractivity (Wildman–Crippen MR) is 103 cm³/mol. The van der Waals surface area contributed by atoms with Crippen LogP contribution in [0.15, 0.2) is 66.7 Å². The standard InChI is InChI=1S/C20H16N2O7/c23-18-7-8-19(28-12-14-3-1-5-16(9-14)21(24)25)20(11-18)29-13-15-4-2-6-17(10-15)22(26)27/h1-11,23H,12-13H2. The van der Waals surface area contributed by atoms with Crippen LogP contribution in [0.25, 0.3) is 0 Å². The van der Waals surface area contributed by atoms with E-state index in [0.29, 0.717) is 16.9 Å². The van der Waals surface area contributed by atoms with E-state index in [1.165, 1.54) is 42.5 Å². The third-order valence-electron chi connectivity index (χ3n) is 3.96. The Hall–Kier alpha value is -4.14. The molecule has 0 amide bonds. The molecule has 0 unspecified atom stereocenters. The van der Waals surface area contributed by atoms with Crippen molar-refractivity contribution in [3.05, 3.63) is 98.1 Å². The largest absolute Gasteiger partial charge is 0.508 e. The van der Waals surface area contributed by atoms with E-state index in [2.05, 4.69) is 0 Å². The van der Waals surface area contributed by atoms with Crippen molar-refractivity contribution in [2.24, 2.45) is 0 Å². The van der Waals surface area contributed by atoms with Crippen molar-refractivity contribution >= 4 is 11.4 Å². The van der Waals surface area contributed by atoms with Gasteiger partial charge in [-0.1, -0.05) is 24.3 Å². The van der Waals surface area contributed by atoms with Crippen LogP contribution in [0, 0.1) is 20.2 Å². The number of nitro benzene ring substituents is 2. The number of nitro groups is 2. The lowest BCUT2D eigenvalue weighted by molar-refractivity contribution is -0.385. The summed E-state index contributed by atoms with van der Waals surface area (Å²) in [5.41, 5.74) is 1.08. The summed E-state index contributed by atoms with van der Waals surface area (Å²) in [4.78, 5) is 20.8. The number of phenolic OH excluding ortho intramolecular Hbond substituents is 1. The molecule has 0 saturated carbocycles. The van der Waals surface area contributed by atoms with Gasteiger partial charge in [-0.25, -0.2) is 0 Å². The van der Waals surface area contributed by atoms with Crippen LogP contribution in [0.4, 0.5) is 11.4 Å². The van der Waals surface area contributed by atoms with Crippen molar-refractivity contribution in [2.45, 2.75) is 13.2 Å². The Labute approximate surface area is 165 Å². The molecule has 3 aromatic rings. The second kappa shape index (κ2) is 8.70. The fourth-order valence-corrected chi connectivity index (χ4v) is 2.57. The van der Waals surface area contributed by atoms with Crippen molar-refractivity contribution in [2.75, 3.05) is 0 Å². The first-order chi connectivity index (χ1) is 13.9. The number of non-ortho nitro benzene ring substituents is 2. The molecule has 0 saturated heterocycles. The lowest BCUT2D eigenvalue weighted by Crippen LogP contribution is -2.01. The monoisotopic (exact) mass is 396 g/mol. The van der Waals surface area contributed by atoms with Crippen molar-refractivity contribution in [3.63, 3.8) is 0 Å². The van der Waals surface area contributed by atoms with Gasteiger partial charge in [0.05, 0.1) is 9.85 Å². The minimum Gasteiger partial charge on any atom is -0.508 e. The lowest BCUT2D eigenvalue weighted by Gasteiger charge is -2.13. The average Bonchev–Trinajstić information content (AvgIpc) is 2.72. The molecule has 9 heteroatoms. The average molecular weight is 396 g/mol. The van der Waals surface area contributed by atoms with Gasteiger partial charge < -0.3 is 14.6 Å². The zero-order chi connectivity index (χ0) is 20.8. The Morgan fingerprint density at radius 3 is 1.76 bits per heavy atom. The first-order valence-electron chi connectivity index (χ1n) is 8.47. The Morgan fingerprint density at radius 1 is 0.724 bits per heavy atom. The number of hydrogen-bond acceptors (Lipinski definition) is 7. The van der Waals surface area contributed by atoms with Crippen molar-refractivity contribution in [3.8, 4) is 17.2 Å². The molecule has 0 bridgehead atoms. The molecule has 1 N–H and O–H groups in total. The first kappa shape index (κ1) is 19.6. The smallest absolute Gasteiger partial charge is 0.269 e. The van der Waals surface area contributed by atoms with Crippen LogP contribution in [-0.2, 0) is 13.2 Å². The van der Waals surface area contributed by atoms with Crippen LogP contribution in [0.1, 0.15) is 11.1 Å². The van der Waals surface area contributed by atoms with Crippen LogP contribution in [0.3, 0.4) is 0 Å². The summed E-state index contributed by atoms with van der Waals surface area (Å²) >= 11 is 0. The summed E-state index contributed by atoms with van der Waals surface area (Å²) in [6.45, 7) is 0.0813. The minimum atomic E-state index is -0.495. The second-order valence-electron chi connectivity index (χ2n) is 6.06. The molecule has 0 fully saturated rings. The summed E-state index contributed by atoms with van der Waals surface area (Å²) in [7, 11) is 0. The molecule has 9 nitrogen and oxygen atoms in total. The van der Waals surface area contributed by atoms with Crippen LogP contribution >= 0.6 is 0 Å². The van der Waals surface area contributed by atoms with E-state index in [1.54, 1.807) is 24.3 Å². The normalized spacial score (nSPS) is 10.3. The molecule has 148 valence electrons. The Bertz CT molecular complexity index is 1050. The highest BCUT2D eigenvalue weighted by molar-refractivity contribution is 5.45. The van der Waals surface area contributed by atoms with Crippen LogP contribution in [0.5, 0.6) is 17.2 Å². The number of nitrogens with zero attached hydrogens (tertiary/aromatic N) is 2. The van der Waals surface area contributed by atoms with Gasteiger partial charge in [-0.2, -0.15) is 0 Å². The number of benzene rings is 3. The maximum Gasteiger partial charge on any atom is 0.269 e. The van der Waals surface area contributed by atoms with Gasteiger partial charge in [0.1, 0.15) is 19.0 Å². The van der Waals surface area contributed by atoms with E-state index < -0.39 is 9.85 Å². The van der Waals surface area contributed by atoms with Crippen molar-refractivity contribution in [1.29, 1.82) is 0 Å². The van der Waals surface area contributed by atoms with E-state index >= 15 is 0 Å². The Balaban J connectivity index is 1.72. The molecule has 0 spiro atoms. The third kappa shape index (κ3) is 5.19. The number of rotatable bonds is 8. The Morgan fingerprint density at radius 2 is 1.24 bits per heavy atom. The van der Waals surface area contributed by atoms with Gasteiger partial charge in [-0.3, -0.25) is 20.2 Å². The quantitative estimate of drug-likeness (QED) is 0.443. The first-order valence-corrected chi connectivity index (χ1v) is 8.47. The van der Waals surface area contributed by atoms with Crippen molar-refractivity contribution in [1.82, 2.24) is 0 Å². The zero-order valence-electron chi connectivity index (χ0n) is 15.1. The van der Waals surface area contributed by atoms with Gasteiger partial charge in [0.2, 0.25) is 0 Å². The van der Waals surface area contributed by atoms with Gasteiger partial charge in [-0.05, 0) is 23.3 Å². The summed E-state index contributed by atoms with van der Waals surface area (Å²) in [5.74, 6) is 0.517. The van der Waals surface area contributed by atoms with E-state index in [4.69, 9.17) is 9.47 Å². The number of hydrogen-bond donors (Lipinski definition) is 1. The van der Waals surface area contributed by atoms with Crippen molar-refractivity contribution < 1.29 is 24.4 Å². The van der Waals surface area contributed by atoms with Gasteiger partial charge in [0.15, 0.2) is 11.5 Å². The Kier molecular flexibility index (Phi) is 5.88. The summed E-state index contributed by atoms with van der Waals surface area (Å²) in [6.07, 6.45) is 0. The molecule has 0 aliphatic rings. The molecule has 0 heterocycles. The SMILES string of the molecule is O=[N+]([O-])c1cccc(COc2ccc(O)cc2OCc2cccc([N+](=O)[O-])c2)c1. The number of ether oxygens (including phenoxy) is 2. The summed E-state index contributed by atoms with van der Waals surface area (Å²) in [5, 5.41) is 31.5. The van der Waals surface area contributed by atoms with E-state index in [1.807, 2.05) is 0 Å². The highest BCUT2D eigenvalue weighted by atomic mass is 16.6. The van der Waals surface area contributed by atoms with Gasteiger partial charge in [-0.15, -0.1) is 0 Å². The summed E-state index contributed by atoms with van der Waals surface area (Å²) < 4.78 is 11.4. The zero-order valence-corrected chi connectivity index (χ0v) is 15.1. The second-order valence-corrected chi connectivity index (χ2v) is 6.06. The van der Waals surface area contributed by atoms with Crippen LogP contribution in [-0.4, -0.2) is 15.0 Å².